The minimum atomic E-state index is -0.723. The molecule has 0 saturated carbocycles. The van der Waals surface area contributed by atoms with Gasteiger partial charge in [0, 0.05) is 18.2 Å². The molecule has 0 aliphatic carbocycles. The van der Waals surface area contributed by atoms with E-state index in [-0.39, 0.29) is 23.9 Å². The van der Waals surface area contributed by atoms with E-state index in [1.807, 2.05) is 0 Å². The first kappa shape index (κ1) is 13.1. The lowest BCUT2D eigenvalue weighted by molar-refractivity contribution is 0.573. The number of rotatable bonds is 4. The van der Waals surface area contributed by atoms with Crippen LogP contribution in [0.3, 0.4) is 0 Å². The summed E-state index contributed by atoms with van der Waals surface area (Å²) in [6.45, 7) is -0.0515. The summed E-state index contributed by atoms with van der Waals surface area (Å²) in [5.74, 6) is 2.87. The van der Waals surface area contributed by atoms with Gasteiger partial charge in [-0.15, -0.1) is 0 Å². The highest BCUT2D eigenvalue weighted by atomic mass is 19.1. The van der Waals surface area contributed by atoms with Gasteiger partial charge in [-0.25, -0.2) is 24.0 Å². The monoisotopic (exact) mass is 269 g/mol. The van der Waals surface area contributed by atoms with Gasteiger partial charge in [-0.3, -0.25) is 5.43 Å². The zero-order valence-electron chi connectivity index (χ0n) is 9.62. The molecule has 0 bridgehead atoms. The van der Waals surface area contributed by atoms with E-state index in [4.69, 9.17) is 5.84 Å². The molecule has 100 valence electrons. The number of aromatic nitrogens is 2. The molecule has 0 fully saturated rings. The van der Waals surface area contributed by atoms with Gasteiger partial charge >= 0.3 is 0 Å². The van der Waals surface area contributed by atoms with Gasteiger partial charge in [0.25, 0.3) is 0 Å². The summed E-state index contributed by atoms with van der Waals surface area (Å²) in [4.78, 5) is 7.28. The third kappa shape index (κ3) is 3.10. The molecule has 1 aromatic heterocycles. The smallest absolute Gasteiger partial charge is 0.239 e. The quantitative estimate of drug-likeness (QED) is 0.583. The van der Waals surface area contributed by atoms with Crippen molar-refractivity contribution in [2.24, 2.45) is 5.84 Å². The van der Waals surface area contributed by atoms with Crippen molar-refractivity contribution in [3.05, 3.63) is 47.4 Å². The first-order valence-corrected chi connectivity index (χ1v) is 5.27. The van der Waals surface area contributed by atoms with Crippen molar-refractivity contribution in [3.8, 4) is 0 Å². The third-order valence-corrected chi connectivity index (χ3v) is 2.33. The molecule has 2 rings (SSSR count). The van der Waals surface area contributed by atoms with Gasteiger partial charge in [-0.05, 0) is 6.07 Å². The number of anilines is 2. The van der Waals surface area contributed by atoms with Crippen LogP contribution in [0.15, 0.2) is 24.4 Å². The molecule has 4 N–H and O–H groups in total. The normalized spacial score (nSPS) is 10.3. The Morgan fingerprint density at radius 3 is 2.63 bits per heavy atom. The molecule has 0 unspecified atom stereocenters. The summed E-state index contributed by atoms with van der Waals surface area (Å²) in [6.07, 6.45) is 0.922. The first-order chi connectivity index (χ1) is 9.10. The minimum Gasteiger partial charge on any atom is -0.363 e. The summed E-state index contributed by atoms with van der Waals surface area (Å²) in [5.41, 5.74) is 2.34. The maximum Gasteiger partial charge on any atom is 0.239 e. The lowest BCUT2D eigenvalue weighted by Crippen LogP contribution is -2.13. The van der Waals surface area contributed by atoms with E-state index in [9.17, 15) is 13.2 Å². The molecule has 2 aromatic rings. The maximum atomic E-state index is 13.4. The number of benzene rings is 1. The van der Waals surface area contributed by atoms with Crippen LogP contribution in [-0.2, 0) is 6.54 Å². The number of nitrogens with two attached hydrogens (primary N) is 1. The van der Waals surface area contributed by atoms with Crippen molar-refractivity contribution in [3.63, 3.8) is 0 Å². The molecule has 8 heteroatoms. The van der Waals surface area contributed by atoms with Crippen LogP contribution in [0.2, 0.25) is 0 Å². The van der Waals surface area contributed by atoms with Crippen molar-refractivity contribution in [2.75, 3.05) is 10.7 Å². The summed E-state index contributed by atoms with van der Waals surface area (Å²) in [6, 6.07) is 3.13. The van der Waals surface area contributed by atoms with Crippen molar-refractivity contribution < 1.29 is 13.2 Å². The Morgan fingerprint density at radius 1 is 1.16 bits per heavy atom. The Labute approximate surface area is 106 Å². The van der Waals surface area contributed by atoms with Gasteiger partial charge < -0.3 is 5.32 Å². The molecule has 1 aromatic carbocycles. The van der Waals surface area contributed by atoms with E-state index in [0.717, 1.165) is 18.3 Å². The molecule has 0 saturated heterocycles. The lowest BCUT2D eigenvalue weighted by Gasteiger charge is -2.08. The van der Waals surface area contributed by atoms with Crippen LogP contribution in [0, 0.1) is 17.5 Å². The van der Waals surface area contributed by atoms with Crippen LogP contribution in [0.1, 0.15) is 5.56 Å². The van der Waals surface area contributed by atoms with Crippen LogP contribution >= 0.6 is 0 Å². The number of nitrogens with one attached hydrogen (secondary N) is 2. The SMILES string of the molecule is NNc1ncc(F)c(NCc2ccc(F)cc2F)n1. The van der Waals surface area contributed by atoms with Gasteiger partial charge in [0.15, 0.2) is 11.6 Å². The van der Waals surface area contributed by atoms with E-state index < -0.39 is 17.5 Å². The molecule has 0 amide bonds. The zero-order chi connectivity index (χ0) is 13.8. The molecule has 1 heterocycles. The van der Waals surface area contributed by atoms with Crippen LogP contribution < -0.4 is 16.6 Å². The molecule has 19 heavy (non-hydrogen) atoms. The molecule has 0 aliphatic rings. The number of hydrazine groups is 1. The molecule has 0 radical (unpaired) electrons. The average molecular weight is 269 g/mol. The number of nitrogens with zero attached hydrogens (tertiary/aromatic N) is 2. The molecule has 0 atom stereocenters. The maximum absolute atomic E-state index is 13.4. The van der Waals surface area contributed by atoms with Crippen molar-refractivity contribution >= 4 is 11.8 Å². The number of hydrogen-bond donors (Lipinski definition) is 3. The number of halogens is 3. The molecule has 5 nitrogen and oxygen atoms in total. The fourth-order valence-corrected chi connectivity index (χ4v) is 1.40. The van der Waals surface area contributed by atoms with E-state index in [1.54, 1.807) is 0 Å². The Morgan fingerprint density at radius 2 is 1.95 bits per heavy atom. The van der Waals surface area contributed by atoms with Crippen molar-refractivity contribution in [1.82, 2.24) is 9.97 Å². The Balaban J connectivity index is 2.14. The van der Waals surface area contributed by atoms with Gasteiger partial charge in [0.2, 0.25) is 5.95 Å². The number of nitrogen functional groups attached to an aromatic ring is 1. The molecule has 0 aliphatic heterocycles. The predicted molar refractivity (Wildman–Crippen MR) is 63.5 cm³/mol. The van der Waals surface area contributed by atoms with Crippen LogP contribution in [0.25, 0.3) is 0 Å². The van der Waals surface area contributed by atoms with E-state index in [0.29, 0.717) is 0 Å². The average Bonchev–Trinajstić information content (AvgIpc) is 2.39. The van der Waals surface area contributed by atoms with Gasteiger partial charge in [0.1, 0.15) is 11.6 Å². The first-order valence-electron chi connectivity index (χ1n) is 5.27. The van der Waals surface area contributed by atoms with Gasteiger partial charge in [0.05, 0.1) is 6.20 Å². The standard InChI is InChI=1S/C11H10F3N5/c12-7-2-1-6(8(13)3-7)4-16-10-9(14)5-17-11(18-10)19-15/h1-3,5H,4,15H2,(H2,16,17,18,19). The van der Waals surface area contributed by atoms with E-state index in [2.05, 4.69) is 20.7 Å². The van der Waals surface area contributed by atoms with Crippen LogP contribution in [0.4, 0.5) is 24.9 Å². The summed E-state index contributed by atoms with van der Waals surface area (Å²) in [5, 5.41) is 2.58. The predicted octanol–water partition coefficient (Wildman–Crippen LogP) is 1.79. The Bertz CT molecular complexity index is 591. The van der Waals surface area contributed by atoms with Gasteiger partial charge in [-0.2, -0.15) is 4.98 Å². The largest absolute Gasteiger partial charge is 0.363 e. The molecular weight excluding hydrogens is 259 g/mol. The van der Waals surface area contributed by atoms with E-state index >= 15 is 0 Å². The Kier molecular flexibility index (Phi) is 3.81. The Hall–Kier alpha value is -2.35. The summed E-state index contributed by atoms with van der Waals surface area (Å²) >= 11 is 0. The van der Waals surface area contributed by atoms with Crippen LogP contribution in [-0.4, -0.2) is 9.97 Å². The van der Waals surface area contributed by atoms with Gasteiger partial charge in [-0.1, -0.05) is 6.07 Å². The summed E-state index contributed by atoms with van der Waals surface area (Å²) < 4.78 is 39.4. The second-order valence-corrected chi connectivity index (χ2v) is 3.62. The highest BCUT2D eigenvalue weighted by Crippen LogP contribution is 2.15. The highest BCUT2D eigenvalue weighted by molar-refractivity contribution is 5.41. The second kappa shape index (κ2) is 5.53. The second-order valence-electron chi connectivity index (χ2n) is 3.62. The van der Waals surface area contributed by atoms with Crippen molar-refractivity contribution in [1.29, 1.82) is 0 Å². The van der Waals surface area contributed by atoms with Crippen LogP contribution in [0.5, 0.6) is 0 Å². The topological polar surface area (TPSA) is 75.9 Å². The number of hydrogen-bond acceptors (Lipinski definition) is 5. The minimum absolute atomic E-state index is 0.0171. The highest BCUT2D eigenvalue weighted by Gasteiger charge is 2.08. The van der Waals surface area contributed by atoms with E-state index in [1.165, 1.54) is 6.07 Å². The third-order valence-electron chi connectivity index (χ3n) is 2.33. The molecule has 0 spiro atoms. The summed E-state index contributed by atoms with van der Waals surface area (Å²) in [7, 11) is 0. The lowest BCUT2D eigenvalue weighted by atomic mass is 10.2. The fourth-order valence-electron chi connectivity index (χ4n) is 1.40. The van der Waals surface area contributed by atoms with Crippen molar-refractivity contribution in [2.45, 2.75) is 6.54 Å². The molecular formula is C11H10F3N5. The zero-order valence-corrected chi connectivity index (χ0v) is 9.62. The fraction of sp³-hybridized carbons (Fsp3) is 0.0909.